The van der Waals surface area contributed by atoms with Crippen LogP contribution in [0.25, 0.3) is 94.2 Å². The minimum Gasteiger partial charge on any atom is -0.458 e. The first kappa shape index (κ1) is 41.2. The van der Waals surface area contributed by atoms with Gasteiger partial charge in [0.1, 0.15) is 28.5 Å². The zero-order chi connectivity index (χ0) is 46.3. The van der Waals surface area contributed by atoms with Gasteiger partial charge in [-0.05, 0) is 117 Å². The molecule has 0 atom stereocenters. The predicted octanol–water partition coefficient (Wildman–Crippen LogP) is 15.8. The molecule has 0 radical (unpaired) electrons. The van der Waals surface area contributed by atoms with Crippen LogP contribution in [0.1, 0.15) is 52.7 Å². The molecule has 8 aromatic carbocycles. The Hall–Kier alpha value is -8.22. The van der Waals surface area contributed by atoms with Crippen LogP contribution in [-0.4, -0.2) is 14.1 Å². The number of aromatic nitrogens is 4. The molecule has 12 rings (SSSR count). The third-order valence-corrected chi connectivity index (χ3v) is 13.3. The number of hydrogen-bond donors (Lipinski definition) is 0. The van der Waals surface area contributed by atoms with Gasteiger partial charge in [0.25, 0.3) is 6.33 Å². The van der Waals surface area contributed by atoms with E-state index in [1.165, 1.54) is 22.1 Å². The Bertz CT molecular complexity index is 3910. The second-order valence-corrected chi connectivity index (χ2v) is 19.9. The van der Waals surface area contributed by atoms with Crippen LogP contribution in [-0.2, 0) is 10.8 Å². The van der Waals surface area contributed by atoms with Crippen LogP contribution < -0.4 is 9.30 Å². The van der Waals surface area contributed by atoms with Crippen molar-refractivity contribution in [1.82, 2.24) is 14.1 Å². The van der Waals surface area contributed by atoms with E-state index >= 15 is 0 Å². The molecule has 0 saturated carbocycles. The Labute approximate surface area is 395 Å². The highest BCUT2D eigenvalue weighted by molar-refractivity contribution is 6.10. The first-order valence-corrected chi connectivity index (χ1v) is 23.4. The fourth-order valence-electron chi connectivity index (χ4n) is 9.89. The van der Waals surface area contributed by atoms with Crippen LogP contribution in [0.3, 0.4) is 0 Å². The summed E-state index contributed by atoms with van der Waals surface area (Å²) in [6.07, 6.45) is 5.77. The van der Waals surface area contributed by atoms with Gasteiger partial charge in [-0.3, -0.25) is 13.7 Å². The summed E-state index contributed by atoms with van der Waals surface area (Å²) in [4.78, 5) is 4.89. The Morgan fingerprint density at radius 2 is 1.21 bits per heavy atom. The van der Waals surface area contributed by atoms with Crippen LogP contribution >= 0.6 is 0 Å². The van der Waals surface area contributed by atoms with Gasteiger partial charge in [-0.15, -0.1) is 0 Å². The number of hydrogen-bond acceptors (Lipinski definition) is 3. The normalized spacial score (nSPS) is 12.3. The summed E-state index contributed by atoms with van der Waals surface area (Å²) >= 11 is 0. The lowest BCUT2D eigenvalue weighted by atomic mass is 9.83. The molecular formula is C62H50N4O2. The average molecular weight is 883 g/mol. The molecule has 330 valence electrons. The number of para-hydroxylation sites is 4. The molecule has 0 aliphatic carbocycles. The molecule has 0 spiro atoms. The summed E-state index contributed by atoms with van der Waals surface area (Å²) in [6.45, 7) is 13.6. The Morgan fingerprint density at radius 3 is 2.00 bits per heavy atom. The molecule has 4 aromatic heterocycles. The van der Waals surface area contributed by atoms with Gasteiger partial charge in [0, 0.05) is 33.8 Å². The predicted molar refractivity (Wildman–Crippen MR) is 278 cm³/mol. The molecule has 0 saturated heterocycles. The molecule has 0 N–H and O–H groups in total. The van der Waals surface area contributed by atoms with Crippen LogP contribution in [0.5, 0.6) is 11.5 Å². The number of ether oxygens (including phenoxy) is 1. The molecule has 4 heterocycles. The van der Waals surface area contributed by atoms with Crippen LogP contribution in [0, 0.1) is 6.33 Å². The maximum atomic E-state index is 6.77. The van der Waals surface area contributed by atoms with Gasteiger partial charge < -0.3 is 9.15 Å². The summed E-state index contributed by atoms with van der Waals surface area (Å²) < 4.78 is 19.9. The molecule has 0 amide bonds. The van der Waals surface area contributed by atoms with E-state index in [9.17, 15) is 0 Å². The lowest BCUT2D eigenvalue weighted by molar-refractivity contribution is -0.572. The average Bonchev–Trinajstić information content (AvgIpc) is 4.03. The molecule has 6 nitrogen and oxygen atoms in total. The van der Waals surface area contributed by atoms with E-state index in [1.807, 2.05) is 12.3 Å². The lowest BCUT2D eigenvalue weighted by Gasteiger charge is -2.26. The highest BCUT2D eigenvalue weighted by atomic mass is 16.5. The second-order valence-electron chi connectivity index (χ2n) is 19.9. The van der Waals surface area contributed by atoms with E-state index in [1.54, 1.807) is 0 Å². The number of pyridine rings is 1. The van der Waals surface area contributed by atoms with Crippen molar-refractivity contribution in [3.8, 4) is 50.9 Å². The smallest absolute Gasteiger partial charge is 0.269 e. The molecule has 0 unspecified atom stereocenters. The van der Waals surface area contributed by atoms with Crippen molar-refractivity contribution >= 4 is 54.8 Å². The van der Waals surface area contributed by atoms with E-state index < -0.39 is 0 Å². The zero-order valence-electron chi connectivity index (χ0n) is 39.1. The quantitative estimate of drug-likeness (QED) is 0.118. The molecule has 68 heavy (non-hydrogen) atoms. The molecule has 12 aromatic rings. The molecule has 6 heteroatoms. The van der Waals surface area contributed by atoms with Gasteiger partial charge >= 0.3 is 0 Å². The largest absolute Gasteiger partial charge is 0.458 e. The van der Waals surface area contributed by atoms with Gasteiger partial charge in [-0.1, -0.05) is 151 Å². The van der Waals surface area contributed by atoms with Crippen molar-refractivity contribution in [2.75, 3.05) is 0 Å². The highest BCUT2D eigenvalue weighted by Gasteiger charge is 2.26. The van der Waals surface area contributed by atoms with Crippen molar-refractivity contribution in [2.24, 2.45) is 0 Å². The van der Waals surface area contributed by atoms with Crippen molar-refractivity contribution in [2.45, 2.75) is 52.4 Å². The number of furan rings is 1. The summed E-state index contributed by atoms with van der Waals surface area (Å²) in [5.74, 6) is 2.35. The first-order valence-electron chi connectivity index (χ1n) is 23.4. The monoisotopic (exact) mass is 882 g/mol. The maximum absolute atomic E-state index is 6.77. The summed E-state index contributed by atoms with van der Waals surface area (Å²) in [7, 11) is 0. The van der Waals surface area contributed by atoms with E-state index in [0.717, 1.165) is 94.8 Å². The summed E-state index contributed by atoms with van der Waals surface area (Å²) in [6, 6.07) is 66.3. The Kier molecular flexibility index (Phi) is 9.52. The number of benzene rings is 8. The Morgan fingerprint density at radius 1 is 0.515 bits per heavy atom. The van der Waals surface area contributed by atoms with Crippen molar-refractivity contribution in [3.05, 3.63) is 212 Å². The number of rotatable bonds is 7. The fourth-order valence-corrected chi connectivity index (χ4v) is 9.89. The maximum Gasteiger partial charge on any atom is 0.269 e. The van der Waals surface area contributed by atoms with Gasteiger partial charge in [-0.25, -0.2) is 4.98 Å². The second kappa shape index (κ2) is 15.7. The van der Waals surface area contributed by atoms with Gasteiger partial charge in [-0.2, -0.15) is 0 Å². The standard InChI is InChI=1S/C62H50N4O2/c1-61(2,3)43-32-33-63-59(36-43)66-53-23-11-10-20-48(53)49-29-28-46(38-56(49)66)67-45-19-14-18-44(37-45)64-39-65(55-25-13-12-24-54(55)64)60-47(21-15-22-52(60)62(4,5)6)42-27-31-58-51(35-42)50-34-41(26-30-57(50)68-58)40-16-8-7-9-17-40/h7-38H,1-6H3. The third kappa shape index (κ3) is 7.03. The van der Waals surface area contributed by atoms with Crippen LogP contribution in [0.15, 0.2) is 199 Å². The molecular weight excluding hydrogens is 833 g/mol. The van der Waals surface area contributed by atoms with E-state index in [2.05, 4.69) is 244 Å². The van der Waals surface area contributed by atoms with Crippen molar-refractivity contribution in [1.29, 1.82) is 0 Å². The number of nitrogens with zero attached hydrogens (tertiary/aromatic N) is 4. The van der Waals surface area contributed by atoms with Gasteiger partial charge in [0.05, 0.1) is 33.4 Å². The minimum atomic E-state index is -0.182. The minimum absolute atomic E-state index is 0.0186. The van der Waals surface area contributed by atoms with Crippen molar-refractivity contribution < 1.29 is 13.7 Å². The van der Waals surface area contributed by atoms with Crippen LogP contribution in [0.4, 0.5) is 0 Å². The Balaban J connectivity index is 0.961. The summed E-state index contributed by atoms with van der Waals surface area (Å²) in [5, 5.41) is 4.50. The van der Waals surface area contributed by atoms with Gasteiger partial charge in [0.15, 0.2) is 0 Å². The third-order valence-electron chi connectivity index (χ3n) is 13.3. The van der Waals surface area contributed by atoms with Crippen molar-refractivity contribution in [3.63, 3.8) is 0 Å². The zero-order valence-corrected chi connectivity index (χ0v) is 39.1. The van der Waals surface area contributed by atoms with Crippen LogP contribution in [0.2, 0.25) is 0 Å². The van der Waals surface area contributed by atoms with E-state index in [0.29, 0.717) is 0 Å². The summed E-state index contributed by atoms with van der Waals surface area (Å²) in [5.41, 5.74) is 14.8. The van der Waals surface area contributed by atoms with Gasteiger partial charge in [0.2, 0.25) is 0 Å². The fraction of sp³-hybridized carbons (Fsp3) is 0.129. The molecule has 0 aliphatic heterocycles. The number of fused-ring (bicyclic) bond motifs is 7. The highest BCUT2D eigenvalue weighted by Crippen LogP contribution is 2.40. The SMILES string of the molecule is CC(C)(C)c1ccnc(-n2c3ccccc3c3ccc(Oc4cccc(-n5[c-][n+](-c6c(-c7ccc8oc9ccc(-c%10ccccc%10)cc9c8c7)cccc6C(C)(C)C)c6ccccc65)c4)cc32)c1. The molecule has 0 fully saturated rings. The molecule has 0 aliphatic rings. The van der Waals surface area contributed by atoms with E-state index in [4.69, 9.17) is 14.1 Å². The number of imidazole rings is 1. The topological polar surface area (TPSA) is 49.0 Å². The van der Waals surface area contributed by atoms with E-state index in [-0.39, 0.29) is 10.8 Å². The lowest BCUT2D eigenvalue weighted by Crippen LogP contribution is -2.34. The molecule has 0 bridgehead atoms. The first-order chi connectivity index (χ1) is 33.0.